The molecular formula is C14H19BrClF3N2. The summed E-state index contributed by atoms with van der Waals surface area (Å²) in [5.41, 5.74) is 0.905. The minimum Gasteiger partial charge on any atom is -0.310 e. The number of benzene rings is 1. The smallest absolute Gasteiger partial charge is 0.310 e. The molecule has 0 fully saturated rings. The summed E-state index contributed by atoms with van der Waals surface area (Å²) in [5.74, 6) is 0. The lowest BCUT2D eigenvalue weighted by Gasteiger charge is -2.24. The molecule has 2 nitrogen and oxygen atoms in total. The van der Waals surface area contributed by atoms with Crippen molar-refractivity contribution in [2.45, 2.75) is 25.6 Å². The largest absolute Gasteiger partial charge is 0.401 e. The fourth-order valence-corrected chi connectivity index (χ4v) is 2.94. The number of alkyl halides is 3. The Hall–Kier alpha value is -0.300. The molecule has 0 radical (unpaired) electrons. The molecule has 1 rings (SSSR count). The highest BCUT2D eigenvalue weighted by molar-refractivity contribution is 9.10. The van der Waals surface area contributed by atoms with Crippen molar-refractivity contribution in [2.75, 3.05) is 26.7 Å². The van der Waals surface area contributed by atoms with Crippen LogP contribution >= 0.6 is 27.5 Å². The van der Waals surface area contributed by atoms with Crippen molar-refractivity contribution in [1.82, 2.24) is 10.2 Å². The Morgan fingerprint density at radius 1 is 1.38 bits per heavy atom. The Kier molecular flexibility index (Phi) is 7.47. The summed E-state index contributed by atoms with van der Waals surface area (Å²) < 4.78 is 37.9. The molecule has 0 aromatic heterocycles. The van der Waals surface area contributed by atoms with Crippen LogP contribution in [0.25, 0.3) is 0 Å². The maximum Gasteiger partial charge on any atom is 0.401 e. The highest BCUT2D eigenvalue weighted by Gasteiger charge is 2.29. The average molecular weight is 388 g/mol. The van der Waals surface area contributed by atoms with Gasteiger partial charge in [0.2, 0.25) is 0 Å². The topological polar surface area (TPSA) is 15.3 Å². The molecule has 0 aliphatic heterocycles. The van der Waals surface area contributed by atoms with Gasteiger partial charge in [-0.15, -0.1) is 0 Å². The first-order chi connectivity index (χ1) is 9.73. The van der Waals surface area contributed by atoms with Crippen molar-refractivity contribution < 1.29 is 13.2 Å². The van der Waals surface area contributed by atoms with Crippen molar-refractivity contribution >= 4 is 27.5 Å². The number of nitrogens with zero attached hydrogens (tertiary/aromatic N) is 1. The minimum absolute atomic E-state index is 0.0636. The van der Waals surface area contributed by atoms with Gasteiger partial charge in [0, 0.05) is 15.5 Å². The van der Waals surface area contributed by atoms with E-state index in [4.69, 9.17) is 11.6 Å². The van der Waals surface area contributed by atoms with Gasteiger partial charge in [-0.3, -0.25) is 4.90 Å². The lowest BCUT2D eigenvalue weighted by atomic mass is 10.0. The molecule has 1 aromatic rings. The second kappa shape index (κ2) is 8.36. The zero-order valence-corrected chi connectivity index (χ0v) is 14.3. The van der Waals surface area contributed by atoms with Gasteiger partial charge in [-0.05, 0) is 44.3 Å². The van der Waals surface area contributed by atoms with Crippen LogP contribution in [-0.4, -0.2) is 37.8 Å². The van der Waals surface area contributed by atoms with Crippen LogP contribution < -0.4 is 5.32 Å². The van der Waals surface area contributed by atoms with Crippen molar-refractivity contribution in [3.63, 3.8) is 0 Å². The second-order valence-electron chi connectivity index (χ2n) is 4.92. The fourth-order valence-electron chi connectivity index (χ4n) is 2.13. The van der Waals surface area contributed by atoms with E-state index in [0.29, 0.717) is 18.0 Å². The number of rotatable bonds is 7. The zero-order valence-electron chi connectivity index (χ0n) is 12.0. The molecule has 1 aromatic carbocycles. The summed E-state index contributed by atoms with van der Waals surface area (Å²) in [6.45, 7) is 2.11. The first-order valence-corrected chi connectivity index (χ1v) is 7.83. The molecule has 21 heavy (non-hydrogen) atoms. The van der Waals surface area contributed by atoms with Crippen LogP contribution in [0.5, 0.6) is 0 Å². The van der Waals surface area contributed by atoms with Crippen LogP contribution in [0.15, 0.2) is 22.7 Å². The van der Waals surface area contributed by atoms with Gasteiger partial charge in [0.05, 0.1) is 6.54 Å². The minimum atomic E-state index is -4.17. The van der Waals surface area contributed by atoms with Crippen molar-refractivity contribution in [1.29, 1.82) is 0 Å². The van der Waals surface area contributed by atoms with E-state index in [1.807, 2.05) is 19.1 Å². The summed E-state index contributed by atoms with van der Waals surface area (Å²) in [6, 6.07) is 5.50. The maximum absolute atomic E-state index is 12.3. The standard InChI is InChI=1S/C14H19BrClF3N2/c1-3-20-13(6-7-21(2)9-14(17,18)19)11-5-4-10(15)8-12(11)16/h4-5,8,13,20H,3,6-7,9H2,1-2H3. The van der Waals surface area contributed by atoms with Gasteiger partial charge in [0.25, 0.3) is 0 Å². The van der Waals surface area contributed by atoms with Gasteiger partial charge >= 0.3 is 6.18 Å². The van der Waals surface area contributed by atoms with E-state index in [1.165, 1.54) is 11.9 Å². The zero-order chi connectivity index (χ0) is 16.0. The molecular weight excluding hydrogens is 369 g/mol. The van der Waals surface area contributed by atoms with Crippen LogP contribution in [0.4, 0.5) is 13.2 Å². The molecule has 0 aliphatic carbocycles. The molecule has 0 aliphatic rings. The quantitative estimate of drug-likeness (QED) is 0.733. The van der Waals surface area contributed by atoms with Crippen LogP contribution in [0, 0.1) is 0 Å². The van der Waals surface area contributed by atoms with Gasteiger partial charge in [-0.1, -0.05) is 40.5 Å². The van der Waals surface area contributed by atoms with Crippen LogP contribution in [0.1, 0.15) is 24.9 Å². The molecule has 1 atom stereocenters. The molecule has 0 heterocycles. The van der Waals surface area contributed by atoms with Crippen LogP contribution in [0.2, 0.25) is 5.02 Å². The Labute approximate surface area is 136 Å². The number of hydrogen-bond donors (Lipinski definition) is 1. The van der Waals surface area contributed by atoms with E-state index >= 15 is 0 Å². The molecule has 0 amide bonds. The predicted molar refractivity (Wildman–Crippen MR) is 83.7 cm³/mol. The molecule has 0 saturated heterocycles. The van der Waals surface area contributed by atoms with Gasteiger partial charge in [-0.2, -0.15) is 13.2 Å². The molecule has 0 spiro atoms. The third-order valence-electron chi connectivity index (χ3n) is 3.04. The monoisotopic (exact) mass is 386 g/mol. The maximum atomic E-state index is 12.3. The number of nitrogens with one attached hydrogen (secondary N) is 1. The van der Waals surface area contributed by atoms with Crippen molar-refractivity contribution in [2.24, 2.45) is 0 Å². The van der Waals surface area contributed by atoms with Crippen molar-refractivity contribution in [3.05, 3.63) is 33.3 Å². The van der Waals surface area contributed by atoms with E-state index in [9.17, 15) is 13.2 Å². The summed E-state index contributed by atoms with van der Waals surface area (Å²) in [7, 11) is 1.47. The first-order valence-electron chi connectivity index (χ1n) is 6.66. The van der Waals surface area contributed by atoms with Gasteiger partial charge in [-0.25, -0.2) is 0 Å². The molecule has 120 valence electrons. The Balaban J connectivity index is 2.69. The van der Waals surface area contributed by atoms with Crippen LogP contribution in [-0.2, 0) is 0 Å². The summed E-state index contributed by atoms with van der Waals surface area (Å²) in [4.78, 5) is 1.27. The Bertz CT molecular complexity index is 454. The average Bonchev–Trinajstić information content (AvgIpc) is 2.33. The lowest BCUT2D eigenvalue weighted by Crippen LogP contribution is -2.34. The lowest BCUT2D eigenvalue weighted by molar-refractivity contribution is -0.143. The third kappa shape index (κ3) is 7.00. The van der Waals surface area contributed by atoms with E-state index in [2.05, 4.69) is 21.2 Å². The molecule has 7 heteroatoms. The summed E-state index contributed by atoms with van der Waals surface area (Å²) in [6.07, 6.45) is -3.61. The molecule has 0 saturated carbocycles. The van der Waals surface area contributed by atoms with Gasteiger partial charge in [0.1, 0.15) is 0 Å². The first kappa shape index (κ1) is 18.7. The summed E-state index contributed by atoms with van der Waals surface area (Å²) >= 11 is 9.56. The Morgan fingerprint density at radius 3 is 2.57 bits per heavy atom. The SMILES string of the molecule is CCNC(CCN(C)CC(F)(F)F)c1ccc(Br)cc1Cl. The number of hydrogen-bond acceptors (Lipinski definition) is 2. The van der Waals surface area contributed by atoms with Gasteiger partial charge in [0.15, 0.2) is 0 Å². The Morgan fingerprint density at radius 2 is 2.05 bits per heavy atom. The predicted octanol–water partition coefficient (Wildman–Crippen LogP) is 4.64. The second-order valence-corrected chi connectivity index (χ2v) is 6.24. The van der Waals surface area contributed by atoms with E-state index < -0.39 is 12.7 Å². The van der Waals surface area contributed by atoms with E-state index in [1.54, 1.807) is 6.07 Å². The summed E-state index contributed by atoms with van der Waals surface area (Å²) in [5, 5.41) is 3.88. The molecule has 1 unspecified atom stereocenters. The van der Waals surface area contributed by atoms with Crippen molar-refractivity contribution in [3.8, 4) is 0 Å². The van der Waals surface area contributed by atoms with Gasteiger partial charge < -0.3 is 5.32 Å². The number of halogens is 5. The normalized spacial score (nSPS) is 13.7. The van der Waals surface area contributed by atoms with Crippen LogP contribution in [0.3, 0.4) is 0 Å². The molecule has 0 bridgehead atoms. The van der Waals surface area contributed by atoms with E-state index in [-0.39, 0.29) is 6.04 Å². The van der Waals surface area contributed by atoms with E-state index in [0.717, 1.165) is 16.6 Å². The highest BCUT2D eigenvalue weighted by atomic mass is 79.9. The molecule has 1 N–H and O–H groups in total. The fraction of sp³-hybridized carbons (Fsp3) is 0.571. The highest BCUT2D eigenvalue weighted by Crippen LogP contribution is 2.28. The third-order valence-corrected chi connectivity index (χ3v) is 3.86.